The van der Waals surface area contributed by atoms with E-state index < -0.39 is 20.2 Å². The van der Waals surface area contributed by atoms with E-state index in [9.17, 15) is 16.8 Å². The lowest BCUT2D eigenvalue weighted by molar-refractivity contribution is 0.402. The van der Waals surface area contributed by atoms with Gasteiger partial charge in [-0.1, -0.05) is 206 Å². The molecule has 6 rings (SSSR count). The zero-order chi connectivity index (χ0) is 42.6. The molecule has 0 bridgehead atoms. The van der Waals surface area contributed by atoms with Crippen molar-refractivity contribution in [3.63, 3.8) is 0 Å². The third-order valence-electron chi connectivity index (χ3n) is 7.40. The van der Waals surface area contributed by atoms with Gasteiger partial charge in [0, 0.05) is 0 Å². The van der Waals surface area contributed by atoms with Crippen LogP contribution in [0.15, 0.2) is 133 Å². The van der Waals surface area contributed by atoms with Crippen molar-refractivity contribution >= 4 is 69.6 Å². The van der Waals surface area contributed by atoms with Crippen LogP contribution in [0.4, 0.5) is 0 Å². The molecule has 0 fully saturated rings. The van der Waals surface area contributed by atoms with E-state index in [4.69, 9.17) is 0 Å². The highest BCUT2D eigenvalue weighted by molar-refractivity contribution is 7.86. The molecule has 10 heteroatoms. The first-order valence-electron chi connectivity index (χ1n) is 19.1. The second-order valence-electron chi connectivity index (χ2n) is 10.8. The second-order valence-corrected chi connectivity index (χ2v) is 16.9. The summed E-state index contributed by atoms with van der Waals surface area (Å²) in [5, 5.41) is 8.16. The van der Waals surface area contributed by atoms with Gasteiger partial charge < -0.3 is 0 Å². The summed E-state index contributed by atoms with van der Waals surface area (Å²) in [6, 6.07) is 49.0. The topological polar surface area (TPSA) is 86.7 Å². The molecule has 6 aromatic rings. The Morgan fingerprint density at radius 1 is 0.411 bits per heavy atom. The smallest absolute Gasteiger partial charge is 0.264 e. The monoisotopic (exact) mass is 838 g/mol. The summed E-state index contributed by atoms with van der Waals surface area (Å²) in [7, 11) is -2.59. The van der Waals surface area contributed by atoms with E-state index in [1.807, 2.05) is 55.4 Å². The predicted molar refractivity (Wildman–Crippen MR) is 252 cm³/mol. The van der Waals surface area contributed by atoms with Crippen molar-refractivity contribution in [1.29, 1.82) is 0 Å². The average Bonchev–Trinajstić information content (AvgIpc) is 3.25. The molecule has 0 aliphatic heterocycles. The molecule has 0 saturated heterocycles. The first-order chi connectivity index (χ1) is 27.0. The summed E-state index contributed by atoms with van der Waals surface area (Å²) in [5.74, 6) is 0. The van der Waals surface area contributed by atoms with Crippen LogP contribution in [0.3, 0.4) is 0 Å². The van der Waals surface area contributed by atoms with Gasteiger partial charge in [0.15, 0.2) is 0 Å². The highest BCUT2D eigenvalue weighted by Crippen LogP contribution is 2.42. The molecule has 0 heterocycles. The molecule has 0 aliphatic carbocycles. The SMILES string of the molecule is CC.CC.CC.CC.COS(C)(=O)=O.COS(C)(=O)=O.c1ccc(PCc2ccc3ccccc3c2-c2c(CPc3ccccc3)ccc3ccccc23)cc1. The van der Waals surface area contributed by atoms with E-state index in [0.29, 0.717) is 0 Å². The predicted octanol–water partition coefficient (Wildman–Crippen LogP) is 12.0. The molecular formula is C46H64O6P2S2. The zero-order valence-electron chi connectivity index (χ0n) is 35.4. The van der Waals surface area contributed by atoms with Crippen LogP contribution in [0.5, 0.6) is 0 Å². The van der Waals surface area contributed by atoms with Crippen molar-refractivity contribution < 1.29 is 25.2 Å². The lowest BCUT2D eigenvalue weighted by Gasteiger charge is -2.20. The second kappa shape index (κ2) is 29.7. The van der Waals surface area contributed by atoms with Crippen LogP contribution in [-0.4, -0.2) is 43.6 Å². The molecule has 2 atom stereocenters. The molecule has 0 N–H and O–H groups in total. The van der Waals surface area contributed by atoms with Gasteiger partial charge in [0.2, 0.25) is 0 Å². The highest BCUT2D eigenvalue weighted by Gasteiger charge is 2.17. The zero-order valence-corrected chi connectivity index (χ0v) is 39.0. The first kappa shape index (κ1) is 52.5. The maximum atomic E-state index is 9.78. The molecule has 0 aliphatic rings. The van der Waals surface area contributed by atoms with E-state index in [-0.39, 0.29) is 0 Å². The van der Waals surface area contributed by atoms with Crippen molar-refractivity contribution in [2.75, 3.05) is 26.7 Å². The van der Waals surface area contributed by atoms with E-state index in [1.165, 1.54) is 54.4 Å². The van der Waals surface area contributed by atoms with Crippen LogP contribution < -0.4 is 10.6 Å². The van der Waals surface area contributed by atoms with Crippen molar-refractivity contribution in [1.82, 2.24) is 0 Å². The van der Waals surface area contributed by atoms with Gasteiger partial charge in [-0.2, -0.15) is 16.8 Å². The number of hydrogen-bond donors (Lipinski definition) is 0. The third-order valence-corrected chi connectivity index (χ3v) is 11.2. The Hall–Kier alpha value is -3.48. The molecule has 0 amide bonds. The lowest BCUT2D eigenvalue weighted by Crippen LogP contribution is -1.99. The molecule has 0 radical (unpaired) electrons. The Morgan fingerprint density at radius 3 is 0.964 bits per heavy atom. The Labute approximate surface area is 343 Å². The first-order valence-corrected chi connectivity index (χ1v) is 25.1. The van der Waals surface area contributed by atoms with Crippen LogP contribution in [-0.2, 0) is 40.9 Å². The van der Waals surface area contributed by atoms with Crippen molar-refractivity contribution in [3.05, 3.63) is 145 Å². The Balaban J connectivity index is 0.00000128. The summed E-state index contributed by atoms with van der Waals surface area (Å²) in [5.41, 5.74) is 5.72. The standard InChI is InChI=1S/C34H28P2.2C2H6O3S.4C2H6/c1-3-13-29(14-4-1)35-23-27-21-19-25-11-7-9-17-31(25)33(27)34-28(24-36-30-15-5-2-6-16-30)22-20-26-12-8-10-18-32(26)34;2*1-5-6(2,3)4;4*1-2/h1-22,35-36H,23-24H2;2*1-2H3;4*1-2H3. The normalized spacial score (nSPS) is 10.6. The van der Waals surface area contributed by atoms with Gasteiger partial charge >= 0.3 is 0 Å². The molecule has 56 heavy (non-hydrogen) atoms. The molecule has 0 aromatic heterocycles. The van der Waals surface area contributed by atoms with Gasteiger partial charge in [0.25, 0.3) is 20.2 Å². The van der Waals surface area contributed by atoms with Gasteiger partial charge in [0.1, 0.15) is 0 Å². The average molecular weight is 839 g/mol. The van der Waals surface area contributed by atoms with Gasteiger partial charge in [-0.05, 0) is 66.7 Å². The number of hydrogen-bond acceptors (Lipinski definition) is 6. The van der Waals surface area contributed by atoms with E-state index in [2.05, 4.69) is 142 Å². The van der Waals surface area contributed by atoms with Crippen molar-refractivity contribution in [2.24, 2.45) is 0 Å². The van der Waals surface area contributed by atoms with Gasteiger partial charge in [-0.3, -0.25) is 8.37 Å². The minimum Gasteiger partial charge on any atom is -0.274 e. The summed E-state index contributed by atoms with van der Waals surface area (Å²) in [6.45, 7) is 16.0. The van der Waals surface area contributed by atoms with Crippen LogP contribution in [0.2, 0.25) is 0 Å². The van der Waals surface area contributed by atoms with E-state index in [1.54, 1.807) is 0 Å². The quantitative estimate of drug-likeness (QED) is 0.106. The summed E-state index contributed by atoms with van der Waals surface area (Å²) < 4.78 is 46.9. The fourth-order valence-corrected chi connectivity index (χ4v) is 7.26. The highest BCUT2D eigenvalue weighted by atomic mass is 32.2. The molecule has 0 spiro atoms. The Morgan fingerprint density at radius 2 is 0.679 bits per heavy atom. The van der Waals surface area contributed by atoms with Crippen LogP contribution in [0, 0.1) is 0 Å². The minimum absolute atomic E-state index is 0.748. The van der Waals surface area contributed by atoms with Crippen LogP contribution in [0.25, 0.3) is 32.7 Å². The molecule has 2 unspecified atom stereocenters. The van der Waals surface area contributed by atoms with Crippen molar-refractivity contribution in [3.8, 4) is 11.1 Å². The van der Waals surface area contributed by atoms with Crippen LogP contribution in [0.1, 0.15) is 66.5 Å². The van der Waals surface area contributed by atoms with E-state index >= 15 is 0 Å². The maximum absolute atomic E-state index is 9.78. The maximum Gasteiger partial charge on any atom is 0.264 e. The van der Waals surface area contributed by atoms with Crippen molar-refractivity contribution in [2.45, 2.75) is 67.7 Å². The molecule has 6 nitrogen and oxygen atoms in total. The Bertz CT molecular complexity index is 2000. The number of fused-ring (bicyclic) bond motifs is 2. The fraction of sp³-hybridized carbons (Fsp3) is 0.304. The summed E-state index contributed by atoms with van der Waals surface area (Å²) in [6.07, 6.45) is 4.08. The van der Waals surface area contributed by atoms with Gasteiger partial charge in [0.05, 0.1) is 26.7 Å². The third kappa shape index (κ3) is 19.1. The Kier molecular flexibility index (Phi) is 27.9. The molecule has 6 aromatic carbocycles. The molecular weight excluding hydrogens is 775 g/mol. The van der Waals surface area contributed by atoms with Gasteiger partial charge in [-0.25, -0.2) is 0 Å². The molecule has 0 saturated carbocycles. The summed E-state index contributed by atoms with van der Waals surface area (Å²) in [4.78, 5) is 0. The largest absolute Gasteiger partial charge is 0.274 e. The number of benzene rings is 6. The summed E-state index contributed by atoms with van der Waals surface area (Å²) >= 11 is 0. The number of rotatable bonds is 9. The fourth-order valence-electron chi connectivity index (χ4n) is 5.03. The minimum atomic E-state index is -3.16. The molecule has 306 valence electrons. The van der Waals surface area contributed by atoms with Gasteiger partial charge in [-0.15, -0.1) is 0 Å². The van der Waals surface area contributed by atoms with E-state index in [0.717, 1.165) is 56.2 Å². The van der Waals surface area contributed by atoms with Crippen LogP contribution >= 0.6 is 17.2 Å². The lowest BCUT2D eigenvalue weighted by atomic mass is 9.88.